The van der Waals surface area contributed by atoms with Crippen LogP contribution < -0.4 is 5.90 Å². The van der Waals surface area contributed by atoms with Crippen molar-refractivity contribution in [2.75, 3.05) is 19.8 Å². The van der Waals surface area contributed by atoms with Crippen LogP contribution in [0, 0.1) is 5.92 Å². The topological polar surface area (TPSA) is 44.5 Å². The van der Waals surface area contributed by atoms with E-state index in [1.54, 1.807) is 0 Å². The minimum atomic E-state index is 0.661. The highest BCUT2D eigenvalue weighted by Crippen LogP contribution is 2.16. The van der Waals surface area contributed by atoms with Gasteiger partial charge in [0.1, 0.15) is 0 Å². The monoisotopic (exact) mass is 145 g/mol. The Morgan fingerprint density at radius 3 is 3.10 bits per heavy atom. The van der Waals surface area contributed by atoms with Crippen LogP contribution in [0.5, 0.6) is 0 Å². The fraction of sp³-hybridized carbons (Fsp3) is 1.00. The first-order chi connectivity index (χ1) is 4.93. The molecule has 1 saturated heterocycles. The highest BCUT2D eigenvalue weighted by atomic mass is 16.6. The molecule has 60 valence electrons. The quantitative estimate of drug-likeness (QED) is 0.594. The van der Waals surface area contributed by atoms with Gasteiger partial charge in [0.05, 0.1) is 6.61 Å². The van der Waals surface area contributed by atoms with E-state index in [1.165, 1.54) is 12.8 Å². The highest BCUT2D eigenvalue weighted by Gasteiger charge is 2.12. The van der Waals surface area contributed by atoms with Crippen molar-refractivity contribution in [3.05, 3.63) is 0 Å². The molecule has 1 rings (SSSR count). The maximum atomic E-state index is 5.28. The molecule has 0 aromatic heterocycles. The van der Waals surface area contributed by atoms with Crippen molar-refractivity contribution in [1.82, 2.24) is 0 Å². The summed E-state index contributed by atoms with van der Waals surface area (Å²) in [5.74, 6) is 5.58. The van der Waals surface area contributed by atoms with Crippen LogP contribution in [0.3, 0.4) is 0 Å². The summed E-state index contributed by atoms with van der Waals surface area (Å²) in [6.07, 6.45) is 3.50. The van der Waals surface area contributed by atoms with E-state index in [1.807, 2.05) is 0 Å². The summed E-state index contributed by atoms with van der Waals surface area (Å²) in [5, 5.41) is 0. The summed E-state index contributed by atoms with van der Waals surface area (Å²) in [6, 6.07) is 0. The molecule has 0 aromatic rings. The van der Waals surface area contributed by atoms with Crippen LogP contribution in [0.4, 0.5) is 0 Å². The van der Waals surface area contributed by atoms with Gasteiger partial charge >= 0.3 is 0 Å². The summed E-state index contributed by atoms with van der Waals surface area (Å²) in [6.45, 7) is 2.48. The van der Waals surface area contributed by atoms with Crippen LogP contribution in [-0.2, 0) is 9.57 Å². The lowest BCUT2D eigenvalue weighted by Gasteiger charge is -2.21. The molecule has 1 heterocycles. The molecule has 0 saturated carbocycles. The molecule has 0 spiro atoms. The van der Waals surface area contributed by atoms with E-state index in [-0.39, 0.29) is 0 Å². The maximum absolute atomic E-state index is 5.28. The lowest BCUT2D eigenvalue weighted by atomic mass is 9.99. The van der Waals surface area contributed by atoms with Gasteiger partial charge in [-0.2, -0.15) is 0 Å². The predicted octanol–water partition coefficient (Wildman–Crippen LogP) is 0.693. The lowest BCUT2D eigenvalue weighted by molar-refractivity contribution is 0.0341. The SMILES string of the molecule is NOCCC1CCCOC1. The molecule has 0 aromatic carbocycles. The van der Waals surface area contributed by atoms with E-state index in [4.69, 9.17) is 10.6 Å². The van der Waals surface area contributed by atoms with E-state index in [2.05, 4.69) is 4.84 Å². The van der Waals surface area contributed by atoms with Crippen LogP contribution in [0.2, 0.25) is 0 Å². The second-order valence-electron chi connectivity index (χ2n) is 2.74. The molecule has 2 N–H and O–H groups in total. The Morgan fingerprint density at radius 2 is 2.50 bits per heavy atom. The van der Waals surface area contributed by atoms with E-state index >= 15 is 0 Å². The Bertz CT molecular complexity index is 81.7. The minimum absolute atomic E-state index is 0.661. The molecule has 0 amide bonds. The summed E-state index contributed by atoms with van der Waals surface area (Å²) in [5.41, 5.74) is 0. The Kier molecular flexibility index (Phi) is 3.72. The number of ether oxygens (including phenoxy) is 1. The molecule has 3 heteroatoms. The third kappa shape index (κ3) is 2.64. The average molecular weight is 145 g/mol. The molecule has 0 bridgehead atoms. The fourth-order valence-electron chi connectivity index (χ4n) is 1.27. The van der Waals surface area contributed by atoms with Gasteiger partial charge in [0.25, 0.3) is 0 Å². The van der Waals surface area contributed by atoms with Crippen molar-refractivity contribution in [2.45, 2.75) is 19.3 Å². The van der Waals surface area contributed by atoms with E-state index < -0.39 is 0 Å². The molecule has 1 unspecified atom stereocenters. The molecule has 3 nitrogen and oxygen atoms in total. The number of nitrogens with two attached hydrogens (primary N) is 1. The zero-order chi connectivity index (χ0) is 7.23. The van der Waals surface area contributed by atoms with Gasteiger partial charge in [0, 0.05) is 13.2 Å². The fourth-order valence-corrected chi connectivity index (χ4v) is 1.27. The summed E-state index contributed by atoms with van der Waals surface area (Å²) in [4.78, 5) is 4.49. The molecule has 10 heavy (non-hydrogen) atoms. The second-order valence-corrected chi connectivity index (χ2v) is 2.74. The van der Waals surface area contributed by atoms with Crippen LogP contribution in [0.25, 0.3) is 0 Å². The van der Waals surface area contributed by atoms with Crippen molar-refractivity contribution in [2.24, 2.45) is 11.8 Å². The van der Waals surface area contributed by atoms with Gasteiger partial charge in [-0.25, -0.2) is 5.90 Å². The molecule has 1 atom stereocenters. The van der Waals surface area contributed by atoms with Crippen molar-refractivity contribution < 1.29 is 9.57 Å². The van der Waals surface area contributed by atoms with E-state index in [0.717, 1.165) is 19.6 Å². The van der Waals surface area contributed by atoms with Crippen LogP contribution in [0.1, 0.15) is 19.3 Å². The van der Waals surface area contributed by atoms with Gasteiger partial charge in [-0.15, -0.1) is 0 Å². The van der Waals surface area contributed by atoms with Gasteiger partial charge in [0.2, 0.25) is 0 Å². The Morgan fingerprint density at radius 1 is 1.60 bits per heavy atom. The highest BCUT2D eigenvalue weighted by molar-refractivity contribution is 4.62. The standard InChI is InChI=1S/C7H15NO2/c8-10-5-3-7-2-1-4-9-6-7/h7H,1-6,8H2. The van der Waals surface area contributed by atoms with E-state index in [0.29, 0.717) is 12.5 Å². The number of hydrogen-bond acceptors (Lipinski definition) is 3. The molecular formula is C7H15NO2. The van der Waals surface area contributed by atoms with Gasteiger partial charge in [-0.05, 0) is 25.2 Å². The third-order valence-electron chi connectivity index (χ3n) is 1.90. The van der Waals surface area contributed by atoms with Crippen LogP contribution in [-0.4, -0.2) is 19.8 Å². The van der Waals surface area contributed by atoms with Gasteiger partial charge < -0.3 is 9.57 Å². The predicted molar refractivity (Wildman–Crippen MR) is 38.3 cm³/mol. The van der Waals surface area contributed by atoms with Gasteiger partial charge in [0.15, 0.2) is 0 Å². The smallest absolute Gasteiger partial charge is 0.0682 e. The molecule has 1 fully saturated rings. The average Bonchev–Trinajstić information content (AvgIpc) is 2.03. The molecule has 1 aliphatic heterocycles. The Labute approximate surface area is 61.4 Å². The lowest BCUT2D eigenvalue weighted by Crippen LogP contribution is -2.19. The first-order valence-corrected chi connectivity index (χ1v) is 3.83. The molecule has 0 aliphatic carbocycles. The van der Waals surface area contributed by atoms with Crippen molar-refractivity contribution in [1.29, 1.82) is 0 Å². The number of rotatable bonds is 3. The zero-order valence-electron chi connectivity index (χ0n) is 6.21. The largest absolute Gasteiger partial charge is 0.381 e. The summed E-state index contributed by atoms with van der Waals surface area (Å²) >= 11 is 0. The van der Waals surface area contributed by atoms with Crippen LogP contribution in [0.15, 0.2) is 0 Å². The Hall–Kier alpha value is -0.120. The molecular weight excluding hydrogens is 130 g/mol. The van der Waals surface area contributed by atoms with Crippen molar-refractivity contribution in [3.8, 4) is 0 Å². The van der Waals surface area contributed by atoms with Gasteiger partial charge in [-0.3, -0.25) is 0 Å². The normalized spacial score (nSPS) is 26.7. The molecule has 0 radical (unpaired) electrons. The first kappa shape index (κ1) is 7.98. The van der Waals surface area contributed by atoms with Crippen molar-refractivity contribution in [3.63, 3.8) is 0 Å². The van der Waals surface area contributed by atoms with E-state index in [9.17, 15) is 0 Å². The van der Waals surface area contributed by atoms with Crippen LogP contribution >= 0.6 is 0 Å². The third-order valence-corrected chi connectivity index (χ3v) is 1.90. The first-order valence-electron chi connectivity index (χ1n) is 3.83. The zero-order valence-corrected chi connectivity index (χ0v) is 6.21. The summed E-state index contributed by atoms with van der Waals surface area (Å²) in [7, 11) is 0. The minimum Gasteiger partial charge on any atom is -0.381 e. The maximum Gasteiger partial charge on any atom is 0.0682 e. The number of hydrogen-bond donors (Lipinski definition) is 1. The molecule has 1 aliphatic rings. The summed E-state index contributed by atoms with van der Waals surface area (Å²) < 4.78 is 5.28. The second kappa shape index (κ2) is 4.66. The Balaban J connectivity index is 2.02. The van der Waals surface area contributed by atoms with Gasteiger partial charge in [-0.1, -0.05) is 0 Å². The van der Waals surface area contributed by atoms with Crippen molar-refractivity contribution >= 4 is 0 Å².